The van der Waals surface area contributed by atoms with Crippen LogP contribution >= 0.6 is 0 Å². The molecule has 0 unspecified atom stereocenters. The van der Waals surface area contributed by atoms with E-state index in [0.717, 1.165) is 5.56 Å². The van der Waals surface area contributed by atoms with Gasteiger partial charge in [0.2, 0.25) is 0 Å². The number of amides is 1. The van der Waals surface area contributed by atoms with E-state index in [1.54, 1.807) is 24.3 Å². The molecule has 3 aromatic carbocycles. The van der Waals surface area contributed by atoms with Gasteiger partial charge in [0, 0.05) is 29.9 Å². The number of nitro groups is 1. The van der Waals surface area contributed by atoms with Crippen molar-refractivity contribution in [1.29, 1.82) is 0 Å². The summed E-state index contributed by atoms with van der Waals surface area (Å²) in [5.41, 5.74) is 1.81. The molecule has 160 valence electrons. The number of nitro benzene ring substituents is 1. The molecule has 0 heterocycles. The summed E-state index contributed by atoms with van der Waals surface area (Å²) < 4.78 is 10.7. The lowest BCUT2D eigenvalue weighted by molar-refractivity contribution is -0.384. The normalized spacial score (nSPS) is 10.3. The Morgan fingerprint density at radius 3 is 2.48 bits per heavy atom. The Balaban J connectivity index is 1.77. The van der Waals surface area contributed by atoms with Crippen molar-refractivity contribution in [1.82, 2.24) is 0 Å². The maximum Gasteiger partial charge on any atom is 0.293 e. The molecule has 1 amide bonds. The number of anilines is 2. The molecule has 0 aromatic heterocycles. The van der Waals surface area contributed by atoms with Crippen LogP contribution in [0.25, 0.3) is 0 Å². The summed E-state index contributed by atoms with van der Waals surface area (Å²) in [7, 11) is 1.51. The van der Waals surface area contributed by atoms with Crippen LogP contribution in [0.1, 0.15) is 22.8 Å². The minimum Gasteiger partial charge on any atom is -0.493 e. The fourth-order valence-corrected chi connectivity index (χ4v) is 2.99. The summed E-state index contributed by atoms with van der Waals surface area (Å²) in [6.45, 7) is 2.77. The molecule has 3 rings (SSSR count). The van der Waals surface area contributed by atoms with Gasteiger partial charge in [-0.25, -0.2) is 0 Å². The Bertz CT molecular complexity index is 1070. The SMILES string of the molecule is CCOc1ccc(NC(=O)c2ccc(NCc3ccccc3)c([N+](=O)[O-])c2)cc1OC. The fraction of sp³-hybridized carbons (Fsp3) is 0.174. The van der Waals surface area contributed by atoms with Crippen LogP contribution < -0.4 is 20.1 Å². The van der Waals surface area contributed by atoms with E-state index in [1.807, 2.05) is 37.3 Å². The van der Waals surface area contributed by atoms with E-state index in [0.29, 0.717) is 36.0 Å². The zero-order chi connectivity index (χ0) is 22.2. The summed E-state index contributed by atoms with van der Waals surface area (Å²) >= 11 is 0. The van der Waals surface area contributed by atoms with Gasteiger partial charge in [-0.15, -0.1) is 0 Å². The lowest BCUT2D eigenvalue weighted by Crippen LogP contribution is -2.13. The number of nitrogens with zero attached hydrogens (tertiary/aromatic N) is 1. The summed E-state index contributed by atoms with van der Waals surface area (Å²) in [6.07, 6.45) is 0. The Morgan fingerprint density at radius 1 is 1.03 bits per heavy atom. The molecule has 2 N–H and O–H groups in total. The average molecular weight is 421 g/mol. The van der Waals surface area contributed by atoms with Crippen molar-refractivity contribution in [3.05, 3.63) is 88.0 Å². The van der Waals surface area contributed by atoms with E-state index in [4.69, 9.17) is 9.47 Å². The molecular formula is C23H23N3O5. The zero-order valence-corrected chi connectivity index (χ0v) is 17.3. The highest BCUT2D eigenvalue weighted by atomic mass is 16.6. The molecule has 0 radical (unpaired) electrons. The third kappa shape index (κ3) is 5.51. The minimum atomic E-state index is -0.510. The summed E-state index contributed by atoms with van der Waals surface area (Å²) in [5, 5.41) is 17.3. The van der Waals surface area contributed by atoms with Gasteiger partial charge in [-0.3, -0.25) is 14.9 Å². The molecule has 0 aliphatic rings. The van der Waals surface area contributed by atoms with E-state index in [9.17, 15) is 14.9 Å². The van der Waals surface area contributed by atoms with Crippen LogP contribution in [-0.2, 0) is 6.54 Å². The number of nitrogens with one attached hydrogen (secondary N) is 2. The zero-order valence-electron chi connectivity index (χ0n) is 17.3. The number of hydrogen-bond acceptors (Lipinski definition) is 6. The van der Waals surface area contributed by atoms with Crippen LogP contribution in [-0.4, -0.2) is 24.5 Å². The molecule has 0 saturated carbocycles. The predicted octanol–water partition coefficient (Wildman–Crippen LogP) is 4.87. The lowest BCUT2D eigenvalue weighted by Gasteiger charge is -2.12. The third-order valence-electron chi connectivity index (χ3n) is 4.50. The standard InChI is InChI=1S/C23H23N3O5/c1-3-31-21-12-10-18(14-22(21)30-2)25-23(27)17-9-11-19(20(13-17)26(28)29)24-15-16-7-5-4-6-8-16/h4-14,24H,3,15H2,1-2H3,(H,25,27). The Kier molecular flexibility index (Phi) is 7.05. The first-order chi connectivity index (χ1) is 15.0. The van der Waals surface area contributed by atoms with Crippen molar-refractivity contribution in [2.45, 2.75) is 13.5 Å². The van der Waals surface area contributed by atoms with Gasteiger partial charge >= 0.3 is 0 Å². The first-order valence-corrected chi connectivity index (χ1v) is 9.70. The molecule has 3 aromatic rings. The predicted molar refractivity (Wildman–Crippen MR) is 119 cm³/mol. The van der Waals surface area contributed by atoms with E-state index in [1.165, 1.54) is 19.2 Å². The van der Waals surface area contributed by atoms with Crippen molar-refractivity contribution >= 4 is 23.0 Å². The van der Waals surface area contributed by atoms with E-state index < -0.39 is 10.8 Å². The van der Waals surface area contributed by atoms with Gasteiger partial charge in [0.15, 0.2) is 11.5 Å². The number of rotatable bonds is 9. The largest absolute Gasteiger partial charge is 0.493 e. The minimum absolute atomic E-state index is 0.171. The van der Waals surface area contributed by atoms with Crippen LogP contribution in [0.3, 0.4) is 0 Å². The molecule has 0 atom stereocenters. The first-order valence-electron chi connectivity index (χ1n) is 9.70. The number of carbonyl (C=O) groups is 1. The molecule has 0 bridgehead atoms. The summed E-state index contributed by atoms with van der Waals surface area (Å²) in [6, 6.07) is 18.9. The second-order valence-electron chi connectivity index (χ2n) is 6.58. The van der Waals surface area contributed by atoms with Crippen molar-refractivity contribution < 1.29 is 19.2 Å². The van der Waals surface area contributed by atoms with Crippen molar-refractivity contribution in [3.63, 3.8) is 0 Å². The summed E-state index contributed by atoms with van der Waals surface area (Å²) in [4.78, 5) is 23.7. The Morgan fingerprint density at radius 2 is 1.81 bits per heavy atom. The van der Waals surface area contributed by atoms with Crippen molar-refractivity contribution in [2.75, 3.05) is 24.4 Å². The molecule has 8 heteroatoms. The maximum absolute atomic E-state index is 12.7. The molecule has 0 aliphatic heterocycles. The quantitative estimate of drug-likeness (QED) is 0.378. The van der Waals surface area contributed by atoms with E-state index >= 15 is 0 Å². The van der Waals surface area contributed by atoms with Crippen molar-refractivity contribution in [2.24, 2.45) is 0 Å². The van der Waals surface area contributed by atoms with E-state index in [2.05, 4.69) is 10.6 Å². The van der Waals surface area contributed by atoms with Crippen LogP contribution in [0.5, 0.6) is 11.5 Å². The number of ether oxygens (including phenoxy) is 2. The van der Waals surface area contributed by atoms with Gasteiger partial charge in [0.25, 0.3) is 11.6 Å². The molecule has 8 nitrogen and oxygen atoms in total. The maximum atomic E-state index is 12.7. The average Bonchev–Trinajstić information content (AvgIpc) is 2.79. The number of methoxy groups -OCH3 is 1. The molecular weight excluding hydrogens is 398 g/mol. The van der Waals surface area contributed by atoms with Gasteiger partial charge in [-0.2, -0.15) is 0 Å². The molecule has 0 aliphatic carbocycles. The number of carbonyl (C=O) groups excluding carboxylic acids is 1. The molecule has 31 heavy (non-hydrogen) atoms. The highest BCUT2D eigenvalue weighted by molar-refractivity contribution is 6.05. The smallest absolute Gasteiger partial charge is 0.293 e. The van der Waals surface area contributed by atoms with Gasteiger partial charge < -0.3 is 20.1 Å². The topological polar surface area (TPSA) is 103 Å². The second-order valence-corrected chi connectivity index (χ2v) is 6.58. The van der Waals surface area contributed by atoms with Gasteiger partial charge in [0.1, 0.15) is 5.69 Å². The molecule has 0 saturated heterocycles. The molecule has 0 fully saturated rings. The van der Waals surface area contributed by atoms with Crippen molar-refractivity contribution in [3.8, 4) is 11.5 Å². The highest BCUT2D eigenvalue weighted by Gasteiger charge is 2.18. The monoisotopic (exact) mass is 421 g/mol. The first kappa shape index (κ1) is 21.6. The lowest BCUT2D eigenvalue weighted by atomic mass is 10.1. The van der Waals surface area contributed by atoms with E-state index in [-0.39, 0.29) is 11.3 Å². The number of hydrogen-bond donors (Lipinski definition) is 2. The van der Waals surface area contributed by atoms with Crippen LogP contribution in [0, 0.1) is 10.1 Å². The Hall–Kier alpha value is -4.07. The fourth-order valence-electron chi connectivity index (χ4n) is 2.99. The van der Waals surface area contributed by atoms with Crippen LogP contribution in [0.4, 0.5) is 17.1 Å². The van der Waals surface area contributed by atoms with Crippen LogP contribution in [0.15, 0.2) is 66.7 Å². The second kappa shape index (κ2) is 10.1. The van der Waals surface area contributed by atoms with Gasteiger partial charge in [-0.1, -0.05) is 30.3 Å². The number of benzene rings is 3. The van der Waals surface area contributed by atoms with Crippen LogP contribution in [0.2, 0.25) is 0 Å². The molecule has 0 spiro atoms. The Labute approximate surface area is 180 Å². The highest BCUT2D eigenvalue weighted by Crippen LogP contribution is 2.31. The third-order valence-corrected chi connectivity index (χ3v) is 4.50. The van der Waals surface area contributed by atoms with Gasteiger partial charge in [-0.05, 0) is 36.8 Å². The van der Waals surface area contributed by atoms with Gasteiger partial charge in [0.05, 0.1) is 18.6 Å². The summed E-state index contributed by atoms with van der Waals surface area (Å²) in [5.74, 6) is 0.572.